The molecule has 1 aromatic carbocycles. The van der Waals surface area contributed by atoms with Gasteiger partial charge in [-0.3, -0.25) is 4.98 Å². The molecule has 0 N–H and O–H groups in total. The first kappa shape index (κ1) is 9.20. The second-order valence-corrected chi connectivity index (χ2v) is 4.57. The maximum Gasteiger partial charge on any atom is 0.0542 e. The van der Waals surface area contributed by atoms with Gasteiger partial charge in [0.05, 0.1) is 5.69 Å². The summed E-state index contributed by atoms with van der Waals surface area (Å²) in [5.74, 6) is 0. The van der Waals surface area contributed by atoms with Crippen LogP contribution in [0.3, 0.4) is 0 Å². The van der Waals surface area contributed by atoms with Crippen molar-refractivity contribution in [3.05, 3.63) is 42.2 Å². The van der Waals surface area contributed by atoms with Gasteiger partial charge in [0.15, 0.2) is 0 Å². The van der Waals surface area contributed by atoms with Crippen LogP contribution in [0.25, 0.3) is 10.8 Å². The molecule has 1 heteroatoms. The molecular weight excluding hydrogens is 170 g/mol. The van der Waals surface area contributed by atoms with Gasteiger partial charge in [0.25, 0.3) is 0 Å². The fourth-order valence-electron chi connectivity index (χ4n) is 1.40. The summed E-state index contributed by atoms with van der Waals surface area (Å²) in [4.78, 5) is 4.42. The minimum absolute atomic E-state index is 0.0734. The number of benzene rings is 1. The van der Waals surface area contributed by atoms with Gasteiger partial charge in [-0.2, -0.15) is 0 Å². The van der Waals surface area contributed by atoms with Crippen LogP contribution in [0.2, 0.25) is 0 Å². The first-order valence-corrected chi connectivity index (χ1v) is 4.85. The maximum absolute atomic E-state index is 4.42. The largest absolute Gasteiger partial charge is 0.259 e. The predicted octanol–water partition coefficient (Wildman–Crippen LogP) is 3.33. The smallest absolute Gasteiger partial charge is 0.0542 e. The standard InChI is InChI=1S/C13H14N/c1-13(2,3)12-8-10-6-4-5-7-11(10)9-14-12/h4-7,9H,1-3H3. The Hall–Kier alpha value is -1.37. The lowest BCUT2D eigenvalue weighted by Crippen LogP contribution is -2.13. The molecule has 1 aromatic heterocycles. The Morgan fingerprint density at radius 3 is 2.57 bits per heavy atom. The Labute approximate surface area is 84.8 Å². The van der Waals surface area contributed by atoms with E-state index in [1.807, 2.05) is 18.3 Å². The van der Waals surface area contributed by atoms with Crippen LogP contribution in [0.15, 0.2) is 30.5 Å². The molecule has 1 radical (unpaired) electrons. The number of aromatic nitrogens is 1. The second-order valence-electron chi connectivity index (χ2n) is 4.57. The quantitative estimate of drug-likeness (QED) is 0.612. The Morgan fingerprint density at radius 1 is 1.14 bits per heavy atom. The molecule has 71 valence electrons. The van der Waals surface area contributed by atoms with Crippen LogP contribution in [0.4, 0.5) is 0 Å². The molecule has 0 aliphatic rings. The van der Waals surface area contributed by atoms with E-state index >= 15 is 0 Å². The molecular formula is C13H14N. The van der Waals surface area contributed by atoms with E-state index in [2.05, 4.69) is 44.0 Å². The summed E-state index contributed by atoms with van der Waals surface area (Å²) < 4.78 is 0. The third-order valence-electron chi connectivity index (χ3n) is 2.26. The van der Waals surface area contributed by atoms with E-state index in [-0.39, 0.29) is 5.41 Å². The molecule has 0 bridgehead atoms. The summed E-state index contributed by atoms with van der Waals surface area (Å²) in [6, 6.07) is 11.5. The molecule has 0 aliphatic carbocycles. The molecule has 2 rings (SSSR count). The Bertz CT molecular complexity index is 452. The zero-order valence-electron chi connectivity index (χ0n) is 8.83. The molecule has 1 nitrogen and oxygen atoms in total. The van der Waals surface area contributed by atoms with Crippen LogP contribution in [0.1, 0.15) is 26.5 Å². The molecule has 1 heterocycles. The number of fused-ring (bicyclic) bond motifs is 1. The fourth-order valence-corrected chi connectivity index (χ4v) is 1.40. The number of hydrogen-bond acceptors (Lipinski definition) is 1. The number of pyridine rings is 1. The monoisotopic (exact) mass is 184 g/mol. The van der Waals surface area contributed by atoms with Crippen LogP contribution in [0, 0.1) is 6.07 Å². The van der Waals surface area contributed by atoms with Crippen LogP contribution < -0.4 is 0 Å². The lowest BCUT2D eigenvalue weighted by Gasteiger charge is -2.17. The van der Waals surface area contributed by atoms with Gasteiger partial charge in [0.1, 0.15) is 0 Å². The zero-order chi connectivity index (χ0) is 10.2. The van der Waals surface area contributed by atoms with Crippen molar-refractivity contribution in [2.75, 3.05) is 0 Å². The summed E-state index contributed by atoms with van der Waals surface area (Å²) in [6.07, 6.45) is 1.92. The summed E-state index contributed by atoms with van der Waals surface area (Å²) >= 11 is 0. The third kappa shape index (κ3) is 1.63. The third-order valence-corrected chi connectivity index (χ3v) is 2.26. The van der Waals surface area contributed by atoms with E-state index in [1.54, 1.807) is 0 Å². The minimum atomic E-state index is 0.0734. The van der Waals surface area contributed by atoms with Crippen molar-refractivity contribution in [3.8, 4) is 0 Å². The Kier molecular flexibility index (Phi) is 2.03. The van der Waals surface area contributed by atoms with Gasteiger partial charge < -0.3 is 0 Å². The molecule has 0 unspecified atom stereocenters. The number of rotatable bonds is 0. The van der Waals surface area contributed by atoms with E-state index in [0.717, 1.165) is 16.5 Å². The van der Waals surface area contributed by atoms with Crippen molar-refractivity contribution in [1.82, 2.24) is 4.98 Å². The lowest BCUT2D eigenvalue weighted by atomic mass is 9.91. The highest BCUT2D eigenvalue weighted by atomic mass is 14.7. The van der Waals surface area contributed by atoms with Gasteiger partial charge in [-0.15, -0.1) is 0 Å². The average molecular weight is 184 g/mol. The zero-order valence-corrected chi connectivity index (χ0v) is 8.83. The van der Waals surface area contributed by atoms with Gasteiger partial charge in [-0.25, -0.2) is 0 Å². The van der Waals surface area contributed by atoms with Gasteiger partial charge in [0, 0.05) is 23.1 Å². The highest BCUT2D eigenvalue weighted by Crippen LogP contribution is 2.22. The normalized spacial score (nSPS) is 11.9. The molecule has 14 heavy (non-hydrogen) atoms. The summed E-state index contributed by atoms with van der Waals surface area (Å²) in [7, 11) is 0. The molecule has 2 aromatic rings. The Morgan fingerprint density at radius 2 is 1.86 bits per heavy atom. The SMILES string of the molecule is CC(C)(C)c1[c]c2ccccc2cn1. The number of nitrogens with zero attached hydrogens (tertiary/aromatic N) is 1. The predicted molar refractivity (Wildman–Crippen MR) is 59.3 cm³/mol. The fraction of sp³-hybridized carbons (Fsp3) is 0.308. The van der Waals surface area contributed by atoms with Gasteiger partial charge in [-0.05, 0) is 5.39 Å². The van der Waals surface area contributed by atoms with E-state index < -0.39 is 0 Å². The number of hydrogen-bond donors (Lipinski definition) is 0. The molecule has 0 atom stereocenters. The van der Waals surface area contributed by atoms with Crippen molar-refractivity contribution in [2.24, 2.45) is 0 Å². The van der Waals surface area contributed by atoms with E-state index in [0.29, 0.717) is 0 Å². The molecule has 0 aliphatic heterocycles. The van der Waals surface area contributed by atoms with E-state index in [4.69, 9.17) is 0 Å². The van der Waals surface area contributed by atoms with E-state index in [9.17, 15) is 0 Å². The topological polar surface area (TPSA) is 12.9 Å². The van der Waals surface area contributed by atoms with Crippen molar-refractivity contribution < 1.29 is 0 Å². The van der Waals surface area contributed by atoms with Crippen LogP contribution in [0.5, 0.6) is 0 Å². The minimum Gasteiger partial charge on any atom is -0.259 e. The van der Waals surface area contributed by atoms with Crippen molar-refractivity contribution >= 4 is 10.8 Å². The van der Waals surface area contributed by atoms with Crippen molar-refractivity contribution in [3.63, 3.8) is 0 Å². The highest BCUT2D eigenvalue weighted by Gasteiger charge is 2.15. The molecule has 0 saturated carbocycles. The van der Waals surface area contributed by atoms with Crippen molar-refractivity contribution in [2.45, 2.75) is 26.2 Å². The molecule has 0 saturated heterocycles. The Balaban J connectivity index is 2.63. The summed E-state index contributed by atoms with van der Waals surface area (Å²) in [5, 5.41) is 2.30. The van der Waals surface area contributed by atoms with Gasteiger partial charge in [0.2, 0.25) is 0 Å². The summed E-state index contributed by atoms with van der Waals surface area (Å²) in [6.45, 7) is 6.46. The molecule has 0 spiro atoms. The van der Waals surface area contributed by atoms with Gasteiger partial charge in [-0.1, -0.05) is 45.0 Å². The van der Waals surface area contributed by atoms with Crippen LogP contribution >= 0.6 is 0 Å². The highest BCUT2D eigenvalue weighted by molar-refractivity contribution is 5.81. The first-order valence-electron chi connectivity index (χ1n) is 4.85. The van der Waals surface area contributed by atoms with Gasteiger partial charge >= 0.3 is 0 Å². The lowest BCUT2D eigenvalue weighted by molar-refractivity contribution is 0.569. The van der Waals surface area contributed by atoms with Crippen LogP contribution in [-0.2, 0) is 5.41 Å². The molecule has 0 amide bonds. The summed E-state index contributed by atoms with van der Waals surface area (Å²) in [5.41, 5.74) is 1.10. The van der Waals surface area contributed by atoms with Crippen molar-refractivity contribution in [1.29, 1.82) is 0 Å². The average Bonchev–Trinajstić information content (AvgIpc) is 2.16. The van der Waals surface area contributed by atoms with E-state index in [1.165, 1.54) is 0 Å². The van der Waals surface area contributed by atoms with Crippen LogP contribution in [-0.4, -0.2) is 4.98 Å². The first-order chi connectivity index (χ1) is 6.57. The maximum atomic E-state index is 4.42. The second kappa shape index (κ2) is 3.09. The molecule has 0 fully saturated rings.